The molecule has 0 aliphatic carbocycles. The van der Waals surface area contributed by atoms with Crippen molar-refractivity contribution in [3.63, 3.8) is 0 Å². The lowest BCUT2D eigenvalue weighted by Gasteiger charge is -2.12. The van der Waals surface area contributed by atoms with E-state index in [1.165, 1.54) is 19.1 Å². The van der Waals surface area contributed by atoms with Crippen LogP contribution in [0.5, 0.6) is 11.5 Å². The summed E-state index contributed by atoms with van der Waals surface area (Å²) in [7, 11) is 0. The van der Waals surface area contributed by atoms with Crippen LogP contribution in [0.25, 0.3) is 6.08 Å². The van der Waals surface area contributed by atoms with E-state index in [2.05, 4.69) is 20.9 Å². The Morgan fingerprint density at radius 3 is 2.71 bits per heavy atom. The molecular formula is C21H17BrN2O7. The third-order valence-electron chi connectivity index (χ3n) is 4.15. The number of carbonyl (C=O) groups excluding carboxylic acids is 2. The molecule has 0 bridgehead atoms. The van der Waals surface area contributed by atoms with Gasteiger partial charge in [0, 0.05) is 24.1 Å². The van der Waals surface area contributed by atoms with Crippen molar-refractivity contribution in [1.29, 1.82) is 0 Å². The van der Waals surface area contributed by atoms with Gasteiger partial charge in [0.2, 0.25) is 5.90 Å². The zero-order valence-corrected chi connectivity index (χ0v) is 18.4. The maximum Gasteiger partial charge on any atom is 0.363 e. The number of nitro groups is 1. The summed E-state index contributed by atoms with van der Waals surface area (Å²) in [5, 5.41) is 11.2. The Labute approximate surface area is 185 Å². The predicted octanol–water partition coefficient (Wildman–Crippen LogP) is 4.33. The molecule has 2 aromatic rings. The van der Waals surface area contributed by atoms with Crippen LogP contribution in [0.2, 0.25) is 0 Å². The SMILES string of the molecule is CCOc1cc(/C=C2/N=C(c3ccc(C)c([N+](=O)[O-])c3)OC2=O)cc(Br)c1OC(C)=O. The number of halogens is 1. The number of benzene rings is 2. The first-order valence-electron chi connectivity index (χ1n) is 9.12. The summed E-state index contributed by atoms with van der Waals surface area (Å²) in [5.41, 5.74) is 1.25. The Kier molecular flexibility index (Phi) is 6.50. The lowest BCUT2D eigenvalue weighted by molar-refractivity contribution is -0.385. The summed E-state index contributed by atoms with van der Waals surface area (Å²) >= 11 is 3.34. The molecule has 160 valence electrons. The number of ether oxygens (including phenoxy) is 3. The topological polar surface area (TPSA) is 117 Å². The number of hydrogen-bond acceptors (Lipinski definition) is 8. The van der Waals surface area contributed by atoms with Crippen LogP contribution in [-0.4, -0.2) is 29.4 Å². The van der Waals surface area contributed by atoms with Gasteiger partial charge in [-0.1, -0.05) is 6.07 Å². The zero-order chi connectivity index (χ0) is 22.7. The quantitative estimate of drug-likeness (QED) is 0.195. The number of esters is 2. The molecule has 0 saturated carbocycles. The van der Waals surface area contributed by atoms with E-state index >= 15 is 0 Å². The fourth-order valence-corrected chi connectivity index (χ4v) is 3.35. The van der Waals surface area contributed by atoms with E-state index in [9.17, 15) is 19.7 Å². The van der Waals surface area contributed by atoms with Crippen molar-refractivity contribution >= 4 is 45.5 Å². The van der Waals surface area contributed by atoms with Crippen LogP contribution in [0.1, 0.15) is 30.5 Å². The summed E-state index contributed by atoms with van der Waals surface area (Å²) in [5.74, 6) is -0.699. The zero-order valence-electron chi connectivity index (χ0n) is 16.8. The first kappa shape index (κ1) is 22.2. The highest BCUT2D eigenvalue weighted by Crippen LogP contribution is 2.38. The molecule has 1 heterocycles. The molecule has 0 unspecified atom stereocenters. The van der Waals surface area contributed by atoms with Crippen LogP contribution < -0.4 is 9.47 Å². The maximum absolute atomic E-state index is 12.3. The fourth-order valence-electron chi connectivity index (χ4n) is 2.81. The smallest absolute Gasteiger partial charge is 0.363 e. The summed E-state index contributed by atoms with van der Waals surface area (Å²) in [6.45, 7) is 5.00. The van der Waals surface area contributed by atoms with Crippen LogP contribution >= 0.6 is 15.9 Å². The number of aliphatic imine (C=N–C) groups is 1. The van der Waals surface area contributed by atoms with Gasteiger partial charge in [-0.3, -0.25) is 14.9 Å². The molecule has 0 fully saturated rings. The van der Waals surface area contributed by atoms with Crippen molar-refractivity contribution in [1.82, 2.24) is 0 Å². The summed E-state index contributed by atoms with van der Waals surface area (Å²) in [6, 6.07) is 7.68. The van der Waals surface area contributed by atoms with Gasteiger partial charge in [0.1, 0.15) is 0 Å². The van der Waals surface area contributed by atoms with Crippen molar-refractivity contribution in [2.75, 3.05) is 6.61 Å². The number of nitrogens with zero attached hydrogens (tertiary/aromatic N) is 2. The molecule has 0 atom stereocenters. The summed E-state index contributed by atoms with van der Waals surface area (Å²) < 4.78 is 16.4. The molecule has 0 radical (unpaired) electrons. The minimum Gasteiger partial charge on any atom is -0.490 e. The van der Waals surface area contributed by atoms with Gasteiger partial charge in [-0.05, 0) is 59.6 Å². The lowest BCUT2D eigenvalue weighted by Crippen LogP contribution is -2.06. The molecule has 3 rings (SSSR count). The predicted molar refractivity (Wildman–Crippen MR) is 115 cm³/mol. The monoisotopic (exact) mass is 488 g/mol. The van der Waals surface area contributed by atoms with Crippen molar-refractivity contribution in [3.05, 3.63) is 67.3 Å². The molecule has 0 N–H and O–H groups in total. The molecule has 10 heteroatoms. The average Bonchev–Trinajstić information content (AvgIpc) is 3.05. The third kappa shape index (κ3) is 4.97. The number of cyclic esters (lactones) is 1. The van der Waals surface area contributed by atoms with Crippen LogP contribution in [-0.2, 0) is 14.3 Å². The van der Waals surface area contributed by atoms with Gasteiger partial charge in [-0.25, -0.2) is 9.79 Å². The molecule has 0 aromatic heterocycles. The second-order valence-corrected chi connectivity index (χ2v) is 7.31. The lowest BCUT2D eigenvalue weighted by atomic mass is 10.1. The number of aryl methyl sites for hydroxylation is 1. The molecular weight excluding hydrogens is 472 g/mol. The van der Waals surface area contributed by atoms with Gasteiger partial charge < -0.3 is 14.2 Å². The van der Waals surface area contributed by atoms with Crippen LogP contribution in [0.3, 0.4) is 0 Å². The number of nitro benzene ring substituents is 1. The molecule has 9 nitrogen and oxygen atoms in total. The average molecular weight is 489 g/mol. The van der Waals surface area contributed by atoms with Gasteiger partial charge in [-0.15, -0.1) is 0 Å². The van der Waals surface area contributed by atoms with Gasteiger partial charge in [-0.2, -0.15) is 0 Å². The van der Waals surface area contributed by atoms with Crippen molar-refractivity contribution in [2.45, 2.75) is 20.8 Å². The Hall–Kier alpha value is -3.53. The number of hydrogen-bond donors (Lipinski definition) is 0. The maximum atomic E-state index is 12.3. The Morgan fingerprint density at radius 2 is 2.06 bits per heavy atom. The molecule has 31 heavy (non-hydrogen) atoms. The van der Waals surface area contributed by atoms with E-state index in [0.717, 1.165) is 0 Å². The van der Waals surface area contributed by atoms with Crippen LogP contribution in [0, 0.1) is 17.0 Å². The number of carbonyl (C=O) groups is 2. The highest BCUT2D eigenvalue weighted by molar-refractivity contribution is 9.10. The molecule has 1 aliphatic rings. The Bertz CT molecular complexity index is 1150. The van der Waals surface area contributed by atoms with E-state index in [0.29, 0.717) is 33.5 Å². The molecule has 1 aliphatic heterocycles. The Balaban J connectivity index is 1.99. The van der Waals surface area contributed by atoms with E-state index in [4.69, 9.17) is 14.2 Å². The van der Waals surface area contributed by atoms with Crippen LogP contribution in [0.15, 0.2) is 45.5 Å². The first-order valence-corrected chi connectivity index (χ1v) is 9.91. The van der Waals surface area contributed by atoms with E-state index < -0.39 is 16.9 Å². The second-order valence-electron chi connectivity index (χ2n) is 6.45. The summed E-state index contributed by atoms with van der Waals surface area (Å²) in [4.78, 5) is 38.5. The molecule has 0 spiro atoms. The summed E-state index contributed by atoms with van der Waals surface area (Å²) in [6.07, 6.45) is 1.47. The van der Waals surface area contributed by atoms with Gasteiger partial charge in [0.25, 0.3) is 5.69 Å². The highest BCUT2D eigenvalue weighted by Gasteiger charge is 2.26. The van der Waals surface area contributed by atoms with E-state index in [-0.39, 0.29) is 23.0 Å². The molecule has 0 saturated heterocycles. The van der Waals surface area contributed by atoms with Gasteiger partial charge in [0.15, 0.2) is 17.2 Å². The standard InChI is InChI=1S/C21H17BrN2O7/c1-4-29-18-9-13(7-15(22)19(18)30-12(3)25)8-16-21(26)31-20(23-16)14-6-5-11(2)17(10-14)24(27)28/h5-10H,4H2,1-3H3/b16-8+. The third-order valence-corrected chi connectivity index (χ3v) is 4.74. The fraction of sp³-hybridized carbons (Fsp3) is 0.190. The van der Waals surface area contributed by atoms with Crippen molar-refractivity contribution in [3.8, 4) is 11.5 Å². The highest BCUT2D eigenvalue weighted by atomic mass is 79.9. The van der Waals surface area contributed by atoms with E-state index in [1.54, 1.807) is 38.1 Å². The van der Waals surface area contributed by atoms with Crippen LogP contribution in [0.4, 0.5) is 5.69 Å². The molecule has 2 aromatic carbocycles. The Morgan fingerprint density at radius 1 is 1.32 bits per heavy atom. The van der Waals surface area contributed by atoms with Gasteiger partial charge >= 0.3 is 11.9 Å². The van der Waals surface area contributed by atoms with Crippen molar-refractivity contribution < 1.29 is 28.7 Å². The first-order chi connectivity index (χ1) is 14.7. The minimum atomic E-state index is -0.698. The van der Waals surface area contributed by atoms with E-state index in [1.807, 2.05) is 0 Å². The van der Waals surface area contributed by atoms with Crippen molar-refractivity contribution in [2.24, 2.45) is 4.99 Å². The van der Waals surface area contributed by atoms with Gasteiger partial charge in [0.05, 0.1) is 16.0 Å². The second kappa shape index (κ2) is 9.09. The largest absolute Gasteiger partial charge is 0.490 e. The minimum absolute atomic E-state index is 0.00723. The normalized spacial score (nSPS) is 14.3. The molecule has 0 amide bonds. The number of rotatable bonds is 6.